The lowest BCUT2D eigenvalue weighted by molar-refractivity contribution is 0.714. The molecule has 0 rings (SSSR count). The molecule has 0 heterocycles. The van der Waals surface area contributed by atoms with Crippen molar-refractivity contribution < 1.29 is 0 Å². The fourth-order valence-corrected chi connectivity index (χ4v) is 1.72. The quantitative estimate of drug-likeness (QED) is 0.521. The highest BCUT2D eigenvalue weighted by atomic mass is 32.2. The predicted octanol–water partition coefficient (Wildman–Crippen LogP) is 5.13. The lowest BCUT2D eigenvalue weighted by Gasteiger charge is -2.04. The lowest BCUT2D eigenvalue weighted by Crippen LogP contribution is -1.83. The molecule has 0 aliphatic rings. The van der Waals surface area contributed by atoms with Gasteiger partial charge in [-0.2, -0.15) is 0 Å². The molecule has 0 saturated carbocycles. The Morgan fingerprint density at radius 2 is 1.69 bits per heavy atom. The summed E-state index contributed by atoms with van der Waals surface area (Å²) in [5.74, 6) is 0. The van der Waals surface area contributed by atoms with Gasteiger partial charge in [0.05, 0.1) is 0 Å². The van der Waals surface area contributed by atoms with E-state index >= 15 is 0 Å². The molecule has 0 aliphatic carbocycles. The molecule has 0 aromatic rings. The van der Waals surface area contributed by atoms with Gasteiger partial charge in [-0.1, -0.05) is 38.8 Å². The molecule has 0 aromatic heterocycles. The molecule has 0 radical (unpaired) electrons. The summed E-state index contributed by atoms with van der Waals surface area (Å²) in [4.78, 5) is 0. The maximum Gasteiger partial charge on any atom is -0.0256 e. The Morgan fingerprint density at radius 3 is 2.08 bits per heavy atom. The molecule has 0 aromatic carbocycles. The van der Waals surface area contributed by atoms with Crippen LogP contribution in [0.2, 0.25) is 0 Å². The van der Waals surface area contributed by atoms with Gasteiger partial charge in [0.1, 0.15) is 0 Å². The van der Waals surface area contributed by atoms with Crippen molar-refractivity contribution in [2.45, 2.75) is 52.4 Å². The summed E-state index contributed by atoms with van der Waals surface area (Å²) in [6, 6.07) is 0. The van der Waals surface area contributed by atoms with E-state index < -0.39 is 0 Å². The van der Waals surface area contributed by atoms with Gasteiger partial charge in [0.15, 0.2) is 0 Å². The van der Waals surface area contributed by atoms with Crippen LogP contribution in [0.15, 0.2) is 23.0 Å². The van der Waals surface area contributed by atoms with Crippen molar-refractivity contribution in [2.24, 2.45) is 0 Å². The normalized spacial score (nSPS) is 9.69. The highest BCUT2D eigenvalue weighted by molar-refractivity contribution is 8.04. The summed E-state index contributed by atoms with van der Waals surface area (Å²) in [6.45, 7) is 8.21. The van der Waals surface area contributed by atoms with E-state index in [1.165, 1.54) is 38.5 Å². The van der Waals surface area contributed by atoms with E-state index in [1.54, 1.807) is 17.3 Å². The van der Waals surface area contributed by atoms with Crippen molar-refractivity contribution in [1.82, 2.24) is 0 Å². The SMILES string of the molecule is C=CSC=C(CCCC)CCCC. The van der Waals surface area contributed by atoms with Crippen LogP contribution in [-0.4, -0.2) is 0 Å². The maximum absolute atomic E-state index is 3.71. The van der Waals surface area contributed by atoms with Crippen LogP contribution in [0.25, 0.3) is 0 Å². The highest BCUT2D eigenvalue weighted by Crippen LogP contribution is 2.19. The number of hydrogen-bond donors (Lipinski definition) is 0. The Bertz CT molecular complexity index is 137. The number of unbranched alkanes of at least 4 members (excludes halogenated alkanes) is 2. The second-order valence-corrected chi connectivity index (χ2v) is 4.13. The zero-order valence-corrected chi connectivity index (χ0v) is 9.83. The average molecular weight is 198 g/mol. The minimum Gasteiger partial charge on any atom is -0.107 e. The van der Waals surface area contributed by atoms with E-state index in [2.05, 4.69) is 25.8 Å². The topological polar surface area (TPSA) is 0 Å². The minimum atomic E-state index is 1.28. The molecule has 0 N–H and O–H groups in total. The van der Waals surface area contributed by atoms with Gasteiger partial charge >= 0.3 is 0 Å². The lowest BCUT2D eigenvalue weighted by atomic mass is 10.1. The number of hydrogen-bond acceptors (Lipinski definition) is 1. The van der Waals surface area contributed by atoms with E-state index in [1.807, 2.05) is 5.41 Å². The van der Waals surface area contributed by atoms with E-state index in [4.69, 9.17) is 0 Å². The van der Waals surface area contributed by atoms with E-state index in [0.717, 1.165) is 0 Å². The Kier molecular flexibility index (Phi) is 9.78. The summed E-state index contributed by atoms with van der Waals surface area (Å²) < 4.78 is 0. The van der Waals surface area contributed by atoms with Crippen LogP contribution in [0.4, 0.5) is 0 Å². The third kappa shape index (κ3) is 8.17. The predicted molar refractivity (Wildman–Crippen MR) is 64.9 cm³/mol. The van der Waals surface area contributed by atoms with E-state index in [-0.39, 0.29) is 0 Å². The summed E-state index contributed by atoms with van der Waals surface area (Å²) >= 11 is 1.72. The molecule has 13 heavy (non-hydrogen) atoms. The second kappa shape index (κ2) is 9.91. The Hall–Kier alpha value is -0.170. The van der Waals surface area contributed by atoms with Crippen LogP contribution in [0.5, 0.6) is 0 Å². The van der Waals surface area contributed by atoms with Gasteiger partial charge in [-0.05, 0) is 36.5 Å². The van der Waals surface area contributed by atoms with Gasteiger partial charge in [-0.3, -0.25) is 0 Å². The van der Waals surface area contributed by atoms with E-state index in [9.17, 15) is 0 Å². The molecular weight excluding hydrogens is 176 g/mol. The molecule has 0 atom stereocenters. The minimum absolute atomic E-state index is 1.28. The van der Waals surface area contributed by atoms with Crippen LogP contribution in [0.1, 0.15) is 52.4 Å². The van der Waals surface area contributed by atoms with Crippen molar-refractivity contribution in [3.05, 3.63) is 23.0 Å². The molecule has 0 nitrogen and oxygen atoms in total. The fraction of sp³-hybridized carbons (Fsp3) is 0.667. The molecule has 1 heteroatoms. The largest absolute Gasteiger partial charge is 0.107 e. The fourth-order valence-electron chi connectivity index (χ4n) is 1.19. The van der Waals surface area contributed by atoms with Crippen molar-refractivity contribution >= 4 is 11.8 Å². The van der Waals surface area contributed by atoms with Gasteiger partial charge in [-0.25, -0.2) is 0 Å². The van der Waals surface area contributed by atoms with Crippen molar-refractivity contribution in [3.8, 4) is 0 Å². The second-order valence-electron chi connectivity index (χ2n) is 3.29. The zero-order valence-electron chi connectivity index (χ0n) is 9.01. The van der Waals surface area contributed by atoms with Gasteiger partial charge in [-0.15, -0.1) is 11.8 Å². The van der Waals surface area contributed by atoms with Crippen molar-refractivity contribution in [2.75, 3.05) is 0 Å². The molecule has 0 amide bonds. The zero-order chi connectivity index (χ0) is 9.94. The first kappa shape index (κ1) is 12.8. The van der Waals surface area contributed by atoms with Crippen LogP contribution < -0.4 is 0 Å². The standard InChI is InChI=1S/C12H22S/c1-4-7-9-12(10-8-5-2)11-13-6-3/h6,11H,3-5,7-10H2,1-2H3. The highest BCUT2D eigenvalue weighted by Gasteiger charge is 1.95. The first-order valence-electron chi connectivity index (χ1n) is 5.29. The number of thioether (sulfide) groups is 1. The first-order valence-corrected chi connectivity index (χ1v) is 6.23. The van der Waals surface area contributed by atoms with Crippen molar-refractivity contribution in [3.63, 3.8) is 0 Å². The van der Waals surface area contributed by atoms with Gasteiger partial charge in [0.2, 0.25) is 0 Å². The van der Waals surface area contributed by atoms with E-state index in [0.29, 0.717) is 0 Å². The molecule has 76 valence electrons. The van der Waals surface area contributed by atoms with Crippen LogP contribution in [-0.2, 0) is 0 Å². The molecule has 0 bridgehead atoms. The monoisotopic (exact) mass is 198 g/mol. The third-order valence-electron chi connectivity index (χ3n) is 2.03. The summed E-state index contributed by atoms with van der Waals surface area (Å²) in [5.41, 5.74) is 1.61. The van der Waals surface area contributed by atoms with Crippen LogP contribution >= 0.6 is 11.8 Å². The molecule has 0 spiro atoms. The third-order valence-corrected chi connectivity index (χ3v) is 2.70. The molecule has 0 fully saturated rings. The molecule has 0 unspecified atom stereocenters. The first-order chi connectivity index (χ1) is 6.35. The molecule has 0 saturated heterocycles. The van der Waals surface area contributed by atoms with Gasteiger partial charge in [0, 0.05) is 0 Å². The van der Waals surface area contributed by atoms with Gasteiger partial charge in [0.25, 0.3) is 0 Å². The Morgan fingerprint density at radius 1 is 1.15 bits per heavy atom. The summed E-state index contributed by atoms with van der Waals surface area (Å²) in [5, 5.41) is 4.18. The van der Waals surface area contributed by atoms with Crippen LogP contribution in [0.3, 0.4) is 0 Å². The number of rotatable bonds is 8. The maximum atomic E-state index is 3.71. The van der Waals surface area contributed by atoms with Crippen LogP contribution in [0, 0.1) is 0 Å². The molecule has 0 aliphatic heterocycles. The average Bonchev–Trinajstić information content (AvgIpc) is 2.17. The summed E-state index contributed by atoms with van der Waals surface area (Å²) in [7, 11) is 0. The van der Waals surface area contributed by atoms with Gasteiger partial charge < -0.3 is 0 Å². The Labute approximate surface area is 87.5 Å². The molecular formula is C12H22S. The van der Waals surface area contributed by atoms with Crippen molar-refractivity contribution in [1.29, 1.82) is 0 Å². The Balaban J connectivity index is 3.78. The smallest absolute Gasteiger partial charge is 0.0256 e. The number of allylic oxidation sites excluding steroid dienone is 1. The summed E-state index contributed by atoms with van der Waals surface area (Å²) in [6.07, 6.45) is 7.79.